The van der Waals surface area contributed by atoms with E-state index in [0.717, 1.165) is 5.56 Å². The number of aryl methyl sites for hydroxylation is 1. The van der Waals surface area contributed by atoms with Crippen LogP contribution < -0.4 is 5.32 Å². The standard InChI is InChI=1S/C14H15N3O/c1-10-3-2-4-11(9-10)14(18)15-13-7-8-17(16-13)12-5-6-12/h2-4,7-9,12H,5-6H2,1H3,(H,15,16,18). The topological polar surface area (TPSA) is 46.9 Å². The zero-order chi connectivity index (χ0) is 12.5. The molecular formula is C14H15N3O. The third kappa shape index (κ3) is 2.27. The highest BCUT2D eigenvalue weighted by atomic mass is 16.1. The quantitative estimate of drug-likeness (QED) is 0.898. The smallest absolute Gasteiger partial charge is 0.256 e. The molecular weight excluding hydrogens is 226 g/mol. The minimum Gasteiger partial charge on any atom is -0.305 e. The van der Waals surface area contributed by atoms with Gasteiger partial charge in [-0.15, -0.1) is 0 Å². The third-order valence-corrected chi connectivity index (χ3v) is 3.05. The molecule has 2 aromatic rings. The molecule has 1 saturated carbocycles. The first-order valence-corrected chi connectivity index (χ1v) is 6.15. The first kappa shape index (κ1) is 11.0. The number of nitrogens with one attached hydrogen (secondary N) is 1. The summed E-state index contributed by atoms with van der Waals surface area (Å²) in [5.41, 5.74) is 1.74. The van der Waals surface area contributed by atoms with Crippen molar-refractivity contribution in [2.45, 2.75) is 25.8 Å². The summed E-state index contributed by atoms with van der Waals surface area (Å²) < 4.78 is 1.92. The average Bonchev–Trinajstić information content (AvgIpc) is 3.11. The molecule has 4 heteroatoms. The van der Waals surface area contributed by atoms with E-state index in [4.69, 9.17) is 0 Å². The Morgan fingerprint density at radius 1 is 1.39 bits per heavy atom. The summed E-state index contributed by atoms with van der Waals surface area (Å²) in [4.78, 5) is 12.0. The molecule has 18 heavy (non-hydrogen) atoms. The number of benzene rings is 1. The summed E-state index contributed by atoms with van der Waals surface area (Å²) in [6, 6.07) is 9.90. The maximum atomic E-state index is 12.0. The number of rotatable bonds is 3. The highest BCUT2D eigenvalue weighted by molar-refractivity contribution is 6.03. The molecule has 1 heterocycles. The molecule has 3 rings (SSSR count). The maximum absolute atomic E-state index is 12.0. The van der Waals surface area contributed by atoms with Gasteiger partial charge in [-0.2, -0.15) is 5.10 Å². The lowest BCUT2D eigenvalue weighted by Crippen LogP contribution is -2.12. The van der Waals surface area contributed by atoms with E-state index >= 15 is 0 Å². The van der Waals surface area contributed by atoms with E-state index in [1.807, 2.05) is 42.1 Å². The Kier molecular flexibility index (Phi) is 2.63. The van der Waals surface area contributed by atoms with E-state index in [-0.39, 0.29) is 5.91 Å². The highest BCUT2D eigenvalue weighted by Crippen LogP contribution is 2.34. The normalized spacial score (nSPS) is 14.5. The number of anilines is 1. The summed E-state index contributed by atoms with van der Waals surface area (Å²) >= 11 is 0. The van der Waals surface area contributed by atoms with E-state index in [1.54, 1.807) is 6.07 Å². The molecule has 1 aliphatic carbocycles. The molecule has 0 spiro atoms. The minimum absolute atomic E-state index is 0.111. The zero-order valence-electron chi connectivity index (χ0n) is 10.3. The van der Waals surface area contributed by atoms with Crippen LogP contribution in [0.4, 0.5) is 5.82 Å². The lowest BCUT2D eigenvalue weighted by molar-refractivity contribution is 0.102. The van der Waals surface area contributed by atoms with Crippen LogP contribution >= 0.6 is 0 Å². The molecule has 0 aliphatic heterocycles. The van der Waals surface area contributed by atoms with Crippen LogP contribution in [-0.4, -0.2) is 15.7 Å². The van der Waals surface area contributed by atoms with Crippen LogP contribution in [-0.2, 0) is 0 Å². The predicted octanol–water partition coefficient (Wildman–Crippen LogP) is 2.78. The molecule has 0 radical (unpaired) electrons. The van der Waals surface area contributed by atoms with E-state index in [0.29, 0.717) is 17.4 Å². The summed E-state index contributed by atoms with van der Waals surface area (Å²) in [6.45, 7) is 1.97. The second-order valence-electron chi connectivity index (χ2n) is 4.74. The highest BCUT2D eigenvalue weighted by Gasteiger charge is 2.24. The Morgan fingerprint density at radius 3 is 2.94 bits per heavy atom. The summed E-state index contributed by atoms with van der Waals surface area (Å²) in [6.07, 6.45) is 4.30. The largest absolute Gasteiger partial charge is 0.305 e. The maximum Gasteiger partial charge on any atom is 0.256 e. The van der Waals surface area contributed by atoms with Gasteiger partial charge in [0.15, 0.2) is 5.82 Å². The molecule has 0 saturated heterocycles. The van der Waals surface area contributed by atoms with Gasteiger partial charge in [0.25, 0.3) is 5.91 Å². The van der Waals surface area contributed by atoms with Crippen LogP contribution in [0.5, 0.6) is 0 Å². The van der Waals surface area contributed by atoms with Crippen LogP contribution in [0, 0.1) is 6.92 Å². The number of aromatic nitrogens is 2. The fraction of sp³-hybridized carbons (Fsp3) is 0.286. The molecule has 92 valence electrons. The van der Waals surface area contributed by atoms with Crippen molar-refractivity contribution in [1.82, 2.24) is 9.78 Å². The number of carbonyl (C=O) groups is 1. The van der Waals surface area contributed by atoms with Crippen LogP contribution in [0.3, 0.4) is 0 Å². The van der Waals surface area contributed by atoms with E-state index in [2.05, 4.69) is 10.4 Å². The Bertz CT molecular complexity index is 584. The summed E-state index contributed by atoms with van der Waals surface area (Å²) in [5, 5.41) is 7.16. The molecule has 1 fully saturated rings. The Hall–Kier alpha value is -2.10. The number of hydrogen-bond donors (Lipinski definition) is 1. The van der Waals surface area contributed by atoms with Gasteiger partial charge in [-0.3, -0.25) is 9.48 Å². The van der Waals surface area contributed by atoms with Gasteiger partial charge in [0.2, 0.25) is 0 Å². The molecule has 0 atom stereocenters. The Morgan fingerprint density at radius 2 is 2.22 bits per heavy atom. The first-order valence-electron chi connectivity index (χ1n) is 6.15. The van der Waals surface area contributed by atoms with Crippen molar-refractivity contribution in [3.05, 3.63) is 47.7 Å². The molecule has 1 amide bonds. The molecule has 0 unspecified atom stereocenters. The Labute approximate surface area is 106 Å². The predicted molar refractivity (Wildman–Crippen MR) is 69.6 cm³/mol. The van der Waals surface area contributed by atoms with E-state index < -0.39 is 0 Å². The monoisotopic (exact) mass is 241 g/mol. The van der Waals surface area contributed by atoms with E-state index in [9.17, 15) is 4.79 Å². The number of hydrogen-bond acceptors (Lipinski definition) is 2. The molecule has 1 aromatic heterocycles. The van der Waals surface area contributed by atoms with Gasteiger partial charge < -0.3 is 5.32 Å². The van der Waals surface area contributed by atoms with Gasteiger partial charge >= 0.3 is 0 Å². The van der Waals surface area contributed by atoms with Crippen LogP contribution in [0.2, 0.25) is 0 Å². The van der Waals surface area contributed by atoms with Gasteiger partial charge in [-0.1, -0.05) is 17.7 Å². The van der Waals surface area contributed by atoms with Crippen molar-refractivity contribution in [1.29, 1.82) is 0 Å². The van der Waals surface area contributed by atoms with Crippen LogP contribution in [0.15, 0.2) is 36.5 Å². The summed E-state index contributed by atoms with van der Waals surface area (Å²) in [7, 11) is 0. The van der Waals surface area contributed by atoms with Crippen molar-refractivity contribution < 1.29 is 4.79 Å². The molecule has 1 N–H and O–H groups in total. The minimum atomic E-state index is -0.111. The first-order chi connectivity index (χ1) is 8.72. The lowest BCUT2D eigenvalue weighted by atomic mass is 10.1. The van der Waals surface area contributed by atoms with Crippen molar-refractivity contribution in [3.63, 3.8) is 0 Å². The molecule has 1 aromatic carbocycles. The second kappa shape index (κ2) is 4.29. The number of carbonyl (C=O) groups excluding carboxylic acids is 1. The molecule has 0 bridgehead atoms. The molecule has 4 nitrogen and oxygen atoms in total. The van der Waals surface area contributed by atoms with Gasteiger partial charge in [-0.25, -0.2) is 0 Å². The Balaban J connectivity index is 1.73. The van der Waals surface area contributed by atoms with Crippen molar-refractivity contribution >= 4 is 11.7 Å². The number of amides is 1. The second-order valence-corrected chi connectivity index (χ2v) is 4.74. The van der Waals surface area contributed by atoms with Gasteiger partial charge in [0, 0.05) is 17.8 Å². The van der Waals surface area contributed by atoms with Gasteiger partial charge in [0.05, 0.1) is 6.04 Å². The third-order valence-electron chi connectivity index (χ3n) is 3.05. The lowest BCUT2D eigenvalue weighted by Gasteiger charge is -2.03. The van der Waals surface area contributed by atoms with Crippen molar-refractivity contribution in [3.8, 4) is 0 Å². The fourth-order valence-corrected chi connectivity index (χ4v) is 1.92. The van der Waals surface area contributed by atoms with Crippen LogP contribution in [0.1, 0.15) is 34.8 Å². The SMILES string of the molecule is Cc1cccc(C(=O)Nc2ccn(C3CC3)n2)c1. The summed E-state index contributed by atoms with van der Waals surface area (Å²) in [5.74, 6) is 0.508. The van der Waals surface area contributed by atoms with Gasteiger partial charge in [0.1, 0.15) is 0 Å². The zero-order valence-corrected chi connectivity index (χ0v) is 10.3. The fourth-order valence-electron chi connectivity index (χ4n) is 1.92. The average molecular weight is 241 g/mol. The van der Waals surface area contributed by atoms with Crippen molar-refractivity contribution in [2.24, 2.45) is 0 Å². The van der Waals surface area contributed by atoms with E-state index in [1.165, 1.54) is 12.8 Å². The van der Waals surface area contributed by atoms with Crippen LogP contribution in [0.25, 0.3) is 0 Å². The molecule has 1 aliphatic rings. The number of nitrogens with zero attached hydrogens (tertiary/aromatic N) is 2. The van der Waals surface area contributed by atoms with Crippen molar-refractivity contribution in [2.75, 3.05) is 5.32 Å². The van der Waals surface area contributed by atoms with Gasteiger partial charge in [-0.05, 0) is 31.9 Å².